The number of hydrogen-bond donors (Lipinski definition) is 2. The van der Waals surface area contributed by atoms with Crippen LogP contribution in [0.25, 0.3) is 0 Å². The lowest BCUT2D eigenvalue weighted by atomic mass is 9.76. The minimum Gasteiger partial charge on any atom is -0.481 e. The van der Waals surface area contributed by atoms with E-state index in [0.29, 0.717) is 19.4 Å². The van der Waals surface area contributed by atoms with Gasteiger partial charge in [0.2, 0.25) is 0 Å². The Hall–Kier alpha value is -0.610. The third-order valence-electron chi connectivity index (χ3n) is 2.70. The molecule has 1 fully saturated rings. The topological polar surface area (TPSA) is 72.5 Å². The molecule has 1 saturated heterocycles. The molecule has 1 aliphatic heterocycles. The Kier molecular flexibility index (Phi) is 2.69. The minimum atomic E-state index is -0.849. The van der Waals surface area contributed by atoms with Crippen LogP contribution in [0.5, 0.6) is 0 Å². The Bertz CT molecular complexity index is 183. The van der Waals surface area contributed by atoms with E-state index >= 15 is 0 Å². The first-order valence-electron chi connectivity index (χ1n) is 4.20. The fourth-order valence-corrected chi connectivity index (χ4v) is 1.58. The summed E-state index contributed by atoms with van der Waals surface area (Å²) >= 11 is 0. The standard InChI is InChI=1S/C8H15NO3/c1-2-8(7(10)11)5-12-4-3-6(8)9/h6H,2-5,9H2,1H3,(H,10,11). The van der Waals surface area contributed by atoms with Gasteiger partial charge in [0, 0.05) is 12.6 Å². The van der Waals surface area contributed by atoms with Gasteiger partial charge in [-0.05, 0) is 12.8 Å². The van der Waals surface area contributed by atoms with E-state index in [1.807, 2.05) is 6.92 Å². The first kappa shape index (κ1) is 9.48. The van der Waals surface area contributed by atoms with Crippen molar-refractivity contribution in [1.82, 2.24) is 0 Å². The van der Waals surface area contributed by atoms with E-state index in [-0.39, 0.29) is 12.6 Å². The van der Waals surface area contributed by atoms with Gasteiger partial charge in [-0.25, -0.2) is 0 Å². The summed E-state index contributed by atoms with van der Waals surface area (Å²) in [5, 5.41) is 9.00. The Labute approximate surface area is 71.7 Å². The Balaban J connectivity index is 2.81. The summed E-state index contributed by atoms with van der Waals surface area (Å²) < 4.78 is 5.15. The number of aliphatic carboxylic acids is 1. The van der Waals surface area contributed by atoms with Crippen molar-refractivity contribution in [3.63, 3.8) is 0 Å². The van der Waals surface area contributed by atoms with Gasteiger partial charge >= 0.3 is 5.97 Å². The molecular weight excluding hydrogens is 158 g/mol. The molecule has 0 aliphatic carbocycles. The van der Waals surface area contributed by atoms with Gasteiger partial charge in [-0.3, -0.25) is 4.79 Å². The summed E-state index contributed by atoms with van der Waals surface area (Å²) in [5.41, 5.74) is 4.92. The number of rotatable bonds is 2. The van der Waals surface area contributed by atoms with Crippen LogP contribution in [0.1, 0.15) is 19.8 Å². The van der Waals surface area contributed by atoms with Gasteiger partial charge in [0.15, 0.2) is 0 Å². The van der Waals surface area contributed by atoms with Gasteiger partial charge in [-0.15, -0.1) is 0 Å². The lowest BCUT2D eigenvalue weighted by Gasteiger charge is -2.37. The summed E-state index contributed by atoms with van der Waals surface area (Å²) in [6, 6.07) is -0.270. The summed E-state index contributed by atoms with van der Waals surface area (Å²) in [6.45, 7) is 2.67. The Morgan fingerprint density at radius 3 is 2.83 bits per heavy atom. The smallest absolute Gasteiger partial charge is 0.313 e. The molecule has 2 unspecified atom stereocenters. The second kappa shape index (κ2) is 3.41. The molecule has 0 aromatic heterocycles. The predicted molar refractivity (Wildman–Crippen MR) is 43.8 cm³/mol. The van der Waals surface area contributed by atoms with Crippen LogP contribution in [0.4, 0.5) is 0 Å². The van der Waals surface area contributed by atoms with Crippen molar-refractivity contribution in [3.8, 4) is 0 Å². The number of ether oxygens (including phenoxy) is 1. The maximum Gasteiger partial charge on any atom is 0.313 e. The zero-order valence-corrected chi connectivity index (χ0v) is 7.25. The molecule has 0 spiro atoms. The first-order valence-corrected chi connectivity index (χ1v) is 4.20. The predicted octanol–water partition coefficient (Wildman–Crippen LogP) is 0.215. The molecule has 0 saturated carbocycles. The molecule has 1 rings (SSSR count). The molecule has 1 heterocycles. The number of nitrogens with two attached hydrogens (primary N) is 1. The van der Waals surface area contributed by atoms with Crippen molar-refractivity contribution in [1.29, 1.82) is 0 Å². The first-order chi connectivity index (χ1) is 5.63. The van der Waals surface area contributed by atoms with Crippen LogP contribution >= 0.6 is 0 Å². The summed E-state index contributed by atoms with van der Waals surface area (Å²) in [7, 11) is 0. The molecule has 0 aromatic carbocycles. The number of hydrogen-bond acceptors (Lipinski definition) is 3. The second-order valence-electron chi connectivity index (χ2n) is 3.26. The third-order valence-corrected chi connectivity index (χ3v) is 2.70. The van der Waals surface area contributed by atoms with Gasteiger partial charge in [0.25, 0.3) is 0 Å². The van der Waals surface area contributed by atoms with Crippen molar-refractivity contribution < 1.29 is 14.6 Å². The van der Waals surface area contributed by atoms with E-state index < -0.39 is 11.4 Å². The van der Waals surface area contributed by atoms with E-state index in [2.05, 4.69) is 0 Å². The number of carboxylic acids is 1. The monoisotopic (exact) mass is 173 g/mol. The van der Waals surface area contributed by atoms with Crippen molar-refractivity contribution >= 4 is 5.97 Å². The molecule has 3 N–H and O–H groups in total. The van der Waals surface area contributed by atoms with Crippen molar-refractivity contribution in [2.75, 3.05) is 13.2 Å². The summed E-state index contributed by atoms with van der Waals surface area (Å²) in [4.78, 5) is 11.0. The van der Waals surface area contributed by atoms with E-state index in [9.17, 15) is 4.79 Å². The van der Waals surface area contributed by atoms with Crippen LogP contribution in [0.3, 0.4) is 0 Å². The van der Waals surface area contributed by atoms with Gasteiger partial charge in [0.05, 0.1) is 6.61 Å². The molecular formula is C8H15NO3. The number of carbonyl (C=O) groups is 1. The minimum absolute atomic E-state index is 0.250. The van der Waals surface area contributed by atoms with Gasteiger partial charge < -0.3 is 15.6 Å². The second-order valence-corrected chi connectivity index (χ2v) is 3.26. The Morgan fingerprint density at radius 2 is 2.50 bits per heavy atom. The van der Waals surface area contributed by atoms with Crippen LogP contribution in [0, 0.1) is 5.41 Å². The quantitative estimate of drug-likeness (QED) is 0.626. The van der Waals surface area contributed by atoms with Crippen LogP contribution in [0.15, 0.2) is 0 Å². The summed E-state index contributed by atoms with van der Waals surface area (Å²) in [5.74, 6) is -0.836. The third kappa shape index (κ3) is 1.32. The summed E-state index contributed by atoms with van der Waals surface area (Å²) in [6.07, 6.45) is 1.17. The highest BCUT2D eigenvalue weighted by molar-refractivity contribution is 5.76. The van der Waals surface area contributed by atoms with Crippen molar-refractivity contribution in [3.05, 3.63) is 0 Å². The highest BCUT2D eigenvalue weighted by Gasteiger charge is 2.44. The van der Waals surface area contributed by atoms with Crippen LogP contribution < -0.4 is 5.73 Å². The van der Waals surface area contributed by atoms with Gasteiger partial charge in [-0.2, -0.15) is 0 Å². The van der Waals surface area contributed by atoms with Gasteiger partial charge in [-0.1, -0.05) is 6.92 Å². The van der Waals surface area contributed by atoms with Crippen molar-refractivity contribution in [2.24, 2.45) is 11.1 Å². The van der Waals surface area contributed by atoms with Crippen LogP contribution in [-0.2, 0) is 9.53 Å². The maximum atomic E-state index is 11.0. The van der Waals surface area contributed by atoms with Crippen LogP contribution in [0.2, 0.25) is 0 Å². The molecule has 4 nitrogen and oxygen atoms in total. The number of carboxylic acid groups (broad SMARTS) is 1. The van der Waals surface area contributed by atoms with E-state index in [1.54, 1.807) is 0 Å². The average molecular weight is 173 g/mol. The zero-order valence-electron chi connectivity index (χ0n) is 7.25. The highest BCUT2D eigenvalue weighted by atomic mass is 16.5. The normalized spacial score (nSPS) is 36.3. The molecule has 4 heteroatoms. The molecule has 0 bridgehead atoms. The fraction of sp³-hybridized carbons (Fsp3) is 0.875. The molecule has 0 aromatic rings. The fourth-order valence-electron chi connectivity index (χ4n) is 1.58. The molecule has 2 atom stereocenters. The van der Waals surface area contributed by atoms with Crippen LogP contribution in [-0.4, -0.2) is 30.3 Å². The SMILES string of the molecule is CCC1(C(=O)O)COCCC1N. The lowest BCUT2D eigenvalue weighted by Crippen LogP contribution is -2.53. The van der Waals surface area contributed by atoms with E-state index in [0.717, 1.165) is 0 Å². The maximum absolute atomic E-state index is 11.0. The van der Waals surface area contributed by atoms with E-state index in [1.165, 1.54) is 0 Å². The molecule has 12 heavy (non-hydrogen) atoms. The lowest BCUT2D eigenvalue weighted by molar-refractivity contribution is -0.159. The van der Waals surface area contributed by atoms with Gasteiger partial charge in [0.1, 0.15) is 5.41 Å². The van der Waals surface area contributed by atoms with E-state index in [4.69, 9.17) is 15.6 Å². The largest absolute Gasteiger partial charge is 0.481 e. The average Bonchev–Trinajstić information content (AvgIpc) is 2.05. The Morgan fingerprint density at radius 1 is 1.83 bits per heavy atom. The molecule has 0 amide bonds. The molecule has 70 valence electrons. The van der Waals surface area contributed by atoms with Crippen molar-refractivity contribution in [2.45, 2.75) is 25.8 Å². The highest BCUT2D eigenvalue weighted by Crippen LogP contribution is 2.31. The molecule has 0 radical (unpaired) electrons. The zero-order chi connectivity index (χ0) is 9.19. The molecule has 1 aliphatic rings.